The Bertz CT molecular complexity index is 317. The Morgan fingerprint density at radius 3 is 2.75 bits per heavy atom. The molecule has 0 nitrogen and oxygen atoms in total. The summed E-state index contributed by atoms with van der Waals surface area (Å²) in [7, 11) is 0. The maximum Gasteiger partial charge on any atom is 0.0540 e. The van der Waals surface area contributed by atoms with Crippen LogP contribution in [0.2, 0.25) is 0 Å². The molecule has 0 aromatic rings. The molecule has 1 unspecified atom stereocenters. The van der Waals surface area contributed by atoms with Gasteiger partial charge in [-0.15, -0.1) is 11.6 Å². The number of hydrogen-bond acceptors (Lipinski definition) is 0. The predicted molar refractivity (Wildman–Crippen MR) is 71.8 cm³/mol. The SMILES string of the molecule is C=C(C)C(Cl)CC[C@@]1(C)C(=C)[C@@H]2CC[C@H]1C2. The van der Waals surface area contributed by atoms with Crippen molar-refractivity contribution in [1.29, 1.82) is 0 Å². The number of rotatable bonds is 4. The van der Waals surface area contributed by atoms with Gasteiger partial charge in [-0.25, -0.2) is 0 Å². The zero-order valence-corrected chi connectivity index (χ0v) is 11.3. The van der Waals surface area contributed by atoms with Gasteiger partial charge in [-0.1, -0.05) is 31.2 Å². The second-order valence-corrected chi connectivity index (χ2v) is 6.53. The van der Waals surface area contributed by atoms with Crippen LogP contribution in [0, 0.1) is 17.3 Å². The molecule has 0 amide bonds. The summed E-state index contributed by atoms with van der Waals surface area (Å²) in [6.45, 7) is 12.7. The molecule has 2 aliphatic carbocycles. The minimum absolute atomic E-state index is 0.142. The average molecular weight is 239 g/mol. The number of halogens is 1. The fraction of sp³-hybridized carbons (Fsp3) is 0.733. The van der Waals surface area contributed by atoms with Crippen LogP contribution < -0.4 is 0 Å². The largest absolute Gasteiger partial charge is 0.118 e. The predicted octanol–water partition coefficient (Wildman–Crippen LogP) is 4.94. The molecular formula is C15H23Cl. The molecule has 2 saturated carbocycles. The van der Waals surface area contributed by atoms with Gasteiger partial charge in [-0.2, -0.15) is 0 Å². The maximum absolute atomic E-state index is 6.28. The third kappa shape index (κ3) is 1.86. The van der Waals surface area contributed by atoms with Crippen molar-refractivity contribution >= 4 is 11.6 Å². The Balaban J connectivity index is 1.99. The third-order valence-electron chi connectivity index (χ3n) is 5.01. The van der Waals surface area contributed by atoms with Crippen LogP contribution in [0.15, 0.2) is 24.3 Å². The Hall–Kier alpha value is -0.230. The second-order valence-electron chi connectivity index (χ2n) is 6.00. The Kier molecular flexibility index (Phi) is 3.22. The lowest BCUT2D eigenvalue weighted by molar-refractivity contribution is 0.234. The number of allylic oxidation sites excluding steroid dienone is 2. The van der Waals surface area contributed by atoms with Gasteiger partial charge >= 0.3 is 0 Å². The Morgan fingerprint density at radius 1 is 1.56 bits per heavy atom. The van der Waals surface area contributed by atoms with E-state index in [0.717, 1.165) is 23.8 Å². The third-order valence-corrected chi connectivity index (χ3v) is 5.60. The molecular weight excluding hydrogens is 216 g/mol. The minimum Gasteiger partial charge on any atom is -0.118 e. The number of hydrogen-bond donors (Lipinski definition) is 0. The van der Waals surface area contributed by atoms with E-state index in [0.29, 0.717) is 5.41 Å². The van der Waals surface area contributed by atoms with E-state index in [1.807, 2.05) is 6.92 Å². The summed E-state index contributed by atoms with van der Waals surface area (Å²) in [6.07, 6.45) is 6.41. The van der Waals surface area contributed by atoms with Crippen LogP contribution in [0.4, 0.5) is 0 Å². The van der Waals surface area contributed by atoms with Crippen molar-refractivity contribution in [1.82, 2.24) is 0 Å². The zero-order valence-electron chi connectivity index (χ0n) is 10.6. The highest BCUT2D eigenvalue weighted by molar-refractivity contribution is 6.22. The molecule has 0 spiro atoms. The van der Waals surface area contributed by atoms with Gasteiger partial charge in [0, 0.05) is 0 Å². The van der Waals surface area contributed by atoms with Crippen molar-refractivity contribution in [2.45, 2.75) is 51.3 Å². The Morgan fingerprint density at radius 2 is 2.25 bits per heavy atom. The van der Waals surface area contributed by atoms with Gasteiger partial charge in [-0.3, -0.25) is 0 Å². The monoisotopic (exact) mass is 238 g/mol. The van der Waals surface area contributed by atoms with Gasteiger partial charge in [0.05, 0.1) is 5.38 Å². The molecule has 0 radical (unpaired) electrons. The molecule has 0 aromatic carbocycles. The van der Waals surface area contributed by atoms with Crippen LogP contribution in [0.5, 0.6) is 0 Å². The summed E-state index contributed by atoms with van der Waals surface area (Å²) >= 11 is 6.28. The van der Waals surface area contributed by atoms with Crippen molar-refractivity contribution in [3.8, 4) is 0 Å². The van der Waals surface area contributed by atoms with E-state index in [1.54, 1.807) is 0 Å². The minimum atomic E-state index is 0.142. The van der Waals surface area contributed by atoms with E-state index in [4.69, 9.17) is 11.6 Å². The zero-order chi connectivity index (χ0) is 11.9. The highest BCUT2D eigenvalue weighted by atomic mass is 35.5. The van der Waals surface area contributed by atoms with E-state index in [2.05, 4.69) is 20.1 Å². The summed E-state index contributed by atoms with van der Waals surface area (Å²) in [4.78, 5) is 0. The first-order chi connectivity index (χ1) is 7.45. The molecule has 4 atom stereocenters. The molecule has 2 bridgehead atoms. The van der Waals surface area contributed by atoms with Crippen LogP contribution in [-0.4, -0.2) is 5.38 Å². The van der Waals surface area contributed by atoms with Crippen molar-refractivity contribution in [3.63, 3.8) is 0 Å². The van der Waals surface area contributed by atoms with Crippen LogP contribution in [0.1, 0.15) is 46.0 Å². The van der Waals surface area contributed by atoms with Crippen LogP contribution >= 0.6 is 11.6 Å². The molecule has 1 heteroatoms. The summed E-state index contributed by atoms with van der Waals surface area (Å²) in [5.41, 5.74) is 2.97. The highest BCUT2D eigenvalue weighted by Gasteiger charge is 2.50. The van der Waals surface area contributed by atoms with Crippen LogP contribution in [-0.2, 0) is 0 Å². The van der Waals surface area contributed by atoms with Crippen molar-refractivity contribution in [2.24, 2.45) is 17.3 Å². The fourth-order valence-electron chi connectivity index (χ4n) is 3.64. The van der Waals surface area contributed by atoms with Crippen molar-refractivity contribution in [3.05, 3.63) is 24.3 Å². The lowest BCUT2D eigenvalue weighted by Gasteiger charge is -2.36. The molecule has 0 aromatic heterocycles. The highest BCUT2D eigenvalue weighted by Crippen LogP contribution is 2.60. The Labute approximate surface area is 105 Å². The maximum atomic E-state index is 6.28. The molecule has 16 heavy (non-hydrogen) atoms. The van der Waals surface area contributed by atoms with Crippen molar-refractivity contribution in [2.75, 3.05) is 0 Å². The standard InChI is InChI=1S/C15H23Cl/c1-10(2)14(16)7-8-15(4)11(3)12-5-6-13(15)9-12/h12-14H,1,3,5-9H2,2,4H3/t12-,13+,14?,15+/m1/s1. The normalized spacial score (nSPS) is 39.1. The molecule has 0 N–H and O–H groups in total. The smallest absolute Gasteiger partial charge is 0.0540 e. The quantitative estimate of drug-likeness (QED) is 0.481. The first-order valence-electron chi connectivity index (χ1n) is 6.44. The topological polar surface area (TPSA) is 0 Å². The number of alkyl halides is 1. The average Bonchev–Trinajstić information content (AvgIpc) is 2.79. The molecule has 90 valence electrons. The molecule has 2 aliphatic rings. The fourth-order valence-corrected chi connectivity index (χ4v) is 3.75. The lowest BCUT2D eigenvalue weighted by Crippen LogP contribution is -2.27. The van der Waals surface area contributed by atoms with Gasteiger partial charge in [-0.05, 0) is 56.3 Å². The summed E-state index contributed by atoms with van der Waals surface area (Å²) < 4.78 is 0. The lowest BCUT2D eigenvalue weighted by atomic mass is 9.69. The molecule has 0 aliphatic heterocycles. The van der Waals surface area contributed by atoms with Crippen LogP contribution in [0.25, 0.3) is 0 Å². The van der Waals surface area contributed by atoms with Gasteiger partial charge in [0.1, 0.15) is 0 Å². The van der Waals surface area contributed by atoms with Gasteiger partial charge in [0.15, 0.2) is 0 Å². The first-order valence-corrected chi connectivity index (χ1v) is 6.87. The van der Waals surface area contributed by atoms with Gasteiger partial charge < -0.3 is 0 Å². The second kappa shape index (κ2) is 4.22. The number of fused-ring (bicyclic) bond motifs is 2. The van der Waals surface area contributed by atoms with E-state index in [-0.39, 0.29) is 5.38 Å². The summed E-state index contributed by atoms with van der Waals surface area (Å²) in [5, 5.41) is 0.142. The molecule has 0 saturated heterocycles. The molecule has 0 heterocycles. The van der Waals surface area contributed by atoms with Crippen LogP contribution in [0.3, 0.4) is 0 Å². The first kappa shape index (κ1) is 12.2. The van der Waals surface area contributed by atoms with Gasteiger partial charge in [0.25, 0.3) is 0 Å². The van der Waals surface area contributed by atoms with E-state index >= 15 is 0 Å². The summed E-state index contributed by atoms with van der Waals surface area (Å²) in [5.74, 6) is 1.69. The van der Waals surface area contributed by atoms with Crippen molar-refractivity contribution < 1.29 is 0 Å². The van der Waals surface area contributed by atoms with E-state index in [1.165, 1.54) is 31.3 Å². The molecule has 2 rings (SSSR count). The summed E-state index contributed by atoms with van der Waals surface area (Å²) in [6, 6.07) is 0. The van der Waals surface area contributed by atoms with Gasteiger partial charge in [0.2, 0.25) is 0 Å². The van der Waals surface area contributed by atoms with E-state index in [9.17, 15) is 0 Å². The van der Waals surface area contributed by atoms with E-state index < -0.39 is 0 Å². The molecule has 2 fully saturated rings.